The van der Waals surface area contributed by atoms with Crippen LogP contribution in [0.4, 0.5) is 0 Å². The van der Waals surface area contributed by atoms with Crippen LogP contribution in [-0.2, 0) is 4.79 Å². The average molecular weight is 196 g/mol. The Kier molecular flexibility index (Phi) is 3.73. The van der Waals surface area contributed by atoms with Crippen molar-refractivity contribution in [1.82, 2.24) is 0 Å². The minimum atomic E-state index is -0.664. The van der Waals surface area contributed by atoms with E-state index >= 15 is 0 Å². The normalized spacial score (nSPS) is 27.5. The Hall–Kier alpha value is -0.790. The summed E-state index contributed by atoms with van der Waals surface area (Å²) in [6.07, 6.45) is 3.68. The summed E-state index contributed by atoms with van der Waals surface area (Å²) in [4.78, 5) is 10.7. The number of carboxylic acids is 1. The number of carboxylic acid groups (broad SMARTS) is 1. The van der Waals surface area contributed by atoms with Gasteiger partial charge in [0, 0.05) is 0 Å². The average Bonchev–Trinajstić information content (AvgIpc) is 2.01. The molecule has 1 fully saturated rings. The predicted octanol–water partition coefficient (Wildman–Crippen LogP) is 3.23. The molecule has 1 unspecified atom stereocenters. The lowest BCUT2D eigenvalue weighted by Gasteiger charge is -2.30. The largest absolute Gasteiger partial charge is 0.481 e. The van der Waals surface area contributed by atoms with E-state index in [-0.39, 0.29) is 0 Å². The topological polar surface area (TPSA) is 37.3 Å². The predicted molar refractivity (Wildman–Crippen MR) is 57.1 cm³/mol. The van der Waals surface area contributed by atoms with Gasteiger partial charge in [0.2, 0.25) is 0 Å². The summed E-state index contributed by atoms with van der Waals surface area (Å²) in [5, 5.41) is 8.83. The van der Waals surface area contributed by atoms with Crippen molar-refractivity contribution >= 4 is 5.97 Å². The number of aliphatic carboxylic acids is 1. The summed E-state index contributed by atoms with van der Waals surface area (Å²) < 4.78 is 0. The van der Waals surface area contributed by atoms with Crippen LogP contribution in [-0.4, -0.2) is 11.1 Å². The maximum absolute atomic E-state index is 10.7. The highest BCUT2D eigenvalue weighted by molar-refractivity contribution is 5.67. The minimum absolute atomic E-state index is 0.293. The first-order valence-electron chi connectivity index (χ1n) is 5.38. The van der Waals surface area contributed by atoms with Crippen LogP contribution in [0.25, 0.3) is 0 Å². The second kappa shape index (κ2) is 4.63. The van der Waals surface area contributed by atoms with Gasteiger partial charge in [0.15, 0.2) is 0 Å². The van der Waals surface area contributed by atoms with E-state index in [1.54, 1.807) is 0 Å². The zero-order chi connectivity index (χ0) is 10.7. The zero-order valence-electron chi connectivity index (χ0n) is 9.34. The Balaban J connectivity index is 2.74. The maximum Gasteiger partial charge on any atom is 0.303 e. The molecule has 80 valence electrons. The van der Waals surface area contributed by atoms with Crippen LogP contribution < -0.4 is 0 Å². The molecule has 0 aliphatic heterocycles. The van der Waals surface area contributed by atoms with Crippen LogP contribution in [0.3, 0.4) is 0 Å². The highest BCUT2D eigenvalue weighted by Gasteiger charge is 2.25. The Labute approximate surface area is 86.0 Å². The molecule has 1 aliphatic carbocycles. The van der Waals surface area contributed by atoms with Gasteiger partial charge in [-0.25, -0.2) is 0 Å². The lowest BCUT2D eigenvalue weighted by atomic mass is 9.75. The Bertz CT molecular complexity index is 249. The molecule has 0 aromatic carbocycles. The summed E-state index contributed by atoms with van der Waals surface area (Å²) >= 11 is 0. The van der Waals surface area contributed by atoms with Gasteiger partial charge in [-0.1, -0.05) is 18.1 Å². The molecule has 0 spiro atoms. The van der Waals surface area contributed by atoms with Gasteiger partial charge in [-0.15, -0.1) is 0 Å². The molecule has 1 aliphatic rings. The smallest absolute Gasteiger partial charge is 0.303 e. The van der Waals surface area contributed by atoms with E-state index in [4.69, 9.17) is 5.11 Å². The molecule has 0 amide bonds. The van der Waals surface area contributed by atoms with Crippen LogP contribution in [0, 0.1) is 11.8 Å². The van der Waals surface area contributed by atoms with Crippen LogP contribution >= 0.6 is 0 Å². The van der Waals surface area contributed by atoms with Gasteiger partial charge >= 0.3 is 5.97 Å². The molecular formula is C12H20O2. The molecule has 2 nitrogen and oxygen atoms in total. The van der Waals surface area contributed by atoms with Crippen LogP contribution in [0.15, 0.2) is 11.1 Å². The maximum atomic E-state index is 10.7. The molecule has 0 radical (unpaired) electrons. The summed E-state index contributed by atoms with van der Waals surface area (Å²) in [6.45, 7) is 6.41. The number of hydrogen-bond acceptors (Lipinski definition) is 1. The third-order valence-corrected chi connectivity index (χ3v) is 3.15. The van der Waals surface area contributed by atoms with E-state index in [0.29, 0.717) is 18.3 Å². The fourth-order valence-corrected chi connectivity index (χ4v) is 2.43. The van der Waals surface area contributed by atoms with Crippen molar-refractivity contribution in [3.63, 3.8) is 0 Å². The molecule has 1 rings (SSSR count). The number of carbonyl (C=O) groups is 1. The number of hydrogen-bond donors (Lipinski definition) is 1. The molecule has 0 heterocycles. The monoisotopic (exact) mass is 196 g/mol. The SMILES string of the molecule is CC(C)=C1CC[C@@H](C)CC1CC(=O)O. The van der Waals surface area contributed by atoms with Crippen molar-refractivity contribution in [3.05, 3.63) is 11.1 Å². The lowest BCUT2D eigenvalue weighted by molar-refractivity contribution is -0.138. The third kappa shape index (κ3) is 2.86. The second-order valence-corrected chi connectivity index (χ2v) is 4.70. The quantitative estimate of drug-likeness (QED) is 0.688. The highest BCUT2D eigenvalue weighted by Crippen LogP contribution is 2.36. The first-order valence-corrected chi connectivity index (χ1v) is 5.38. The first kappa shape index (κ1) is 11.3. The van der Waals surface area contributed by atoms with Crippen molar-refractivity contribution in [2.75, 3.05) is 0 Å². The molecular weight excluding hydrogens is 176 g/mol. The summed E-state index contributed by atoms with van der Waals surface area (Å²) in [7, 11) is 0. The molecule has 0 aromatic rings. The van der Waals surface area contributed by atoms with Gasteiger partial charge in [-0.2, -0.15) is 0 Å². The fourth-order valence-electron chi connectivity index (χ4n) is 2.43. The van der Waals surface area contributed by atoms with Gasteiger partial charge in [0.1, 0.15) is 0 Å². The fraction of sp³-hybridized carbons (Fsp3) is 0.750. The molecule has 0 bridgehead atoms. The molecule has 1 saturated carbocycles. The van der Waals surface area contributed by atoms with Gasteiger partial charge in [0.05, 0.1) is 6.42 Å². The van der Waals surface area contributed by atoms with Crippen LogP contribution in [0.5, 0.6) is 0 Å². The Morgan fingerprint density at radius 2 is 2.14 bits per heavy atom. The summed E-state index contributed by atoms with van der Waals surface area (Å²) in [5.41, 5.74) is 2.72. The van der Waals surface area contributed by atoms with Gasteiger partial charge in [0.25, 0.3) is 0 Å². The minimum Gasteiger partial charge on any atom is -0.481 e. The van der Waals surface area contributed by atoms with E-state index in [1.807, 2.05) is 0 Å². The van der Waals surface area contributed by atoms with Gasteiger partial charge in [-0.3, -0.25) is 4.79 Å². The molecule has 14 heavy (non-hydrogen) atoms. The zero-order valence-corrected chi connectivity index (χ0v) is 9.34. The molecule has 0 aromatic heterocycles. The van der Waals surface area contributed by atoms with Crippen molar-refractivity contribution in [2.45, 2.75) is 46.5 Å². The second-order valence-electron chi connectivity index (χ2n) is 4.70. The molecule has 0 saturated heterocycles. The Morgan fingerprint density at radius 1 is 1.50 bits per heavy atom. The van der Waals surface area contributed by atoms with E-state index in [1.165, 1.54) is 17.6 Å². The van der Waals surface area contributed by atoms with E-state index < -0.39 is 5.97 Å². The van der Waals surface area contributed by atoms with Crippen molar-refractivity contribution in [3.8, 4) is 0 Å². The molecule has 1 N–H and O–H groups in total. The number of rotatable bonds is 2. The van der Waals surface area contributed by atoms with Crippen LogP contribution in [0.2, 0.25) is 0 Å². The Morgan fingerprint density at radius 3 is 2.64 bits per heavy atom. The molecule has 2 heteroatoms. The lowest BCUT2D eigenvalue weighted by Crippen LogP contribution is -2.20. The van der Waals surface area contributed by atoms with Crippen LogP contribution in [0.1, 0.15) is 46.5 Å². The van der Waals surface area contributed by atoms with Gasteiger partial charge in [-0.05, 0) is 44.9 Å². The van der Waals surface area contributed by atoms with E-state index in [2.05, 4.69) is 20.8 Å². The summed E-state index contributed by atoms with van der Waals surface area (Å²) in [5.74, 6) is 0.312. The highest BCUT2D eigenvalue weighted by atomic mass is 16.4. The first-order chi connectivity index (χ1) is 6.50. The molecule has 2 atom stereocenters. The van der Waals surface area contributed by atoms with E-state index in [0.717, 1.165) is 12.8 Å². The number of allylic oxidation sites excluding steroid dienone is 2. The third-order valence-electron chi connectivity index (χ3n) is 3.15. The van der Waals surface area contributed by atoms with Crippen molar-refractivity contribution < 1.29 is 9.90 Å². The summed E-state index contributed by atoms with van der Waals surface area (Å²) in [6, 6.07) is 0. The van der Waals surface area contributed by atoms with Crippen molar-refractivity contribution in [1.29, 1.82) is 0 Å². The van der Waals surface area contributed by atoms with Crippen molar-refractivity contribution in [2.24, 2.45) is 11.8 Å². The van der Waals surface area contributed by atoms with Gasteiger partial charge < -0.3 is 5.11 Å². The standard InChI is InChI=1S/C12H20O2/c1-8(2)11-5-4-9(3)6-10(11)7-12(13)14/h9-10H,4-7H2,1-3H3,(H,13,14)/t9-,10?/m1/s1. The van der Waals surface area contributed by atoms with E-state index in [9.17, 15) is 4.79 Å².